The minimum absolute atomic E-state index is 0.281. The van der Waals surface area contributed by atoms with E-state index in [9.17, 15) is 15.0 Å². The van der Waals surface area contributed by atoms with Crippen molar-refractivity contribution >= 4 is 5.97 Å². The van der Waals surface area contributed by atoms with Gasteiger partial charge in [-0.2, -0.15) is 0 Å². The average molecular weight is 236 g/mol. The molecule has 2 bridgehead atoms. The maximum absolute atomic E-state index is 11.7. The number of aliphatic hydroxyl groups excluding tert-OH is 1. The second-order valence-corrected chi connectivity index (χ2v) is 6.08. The molecule has 0 heterocycles. The van der Waals surface area contributed by atoms with Crippen molar-refractivity contribution in [1.82, 2.24) is 0 Å². The molecule has 2 saturated carbocycles. The van der Waals surface area contributed by atoms with Gasteiger partial charge in [-0.15, -0.1) is 0 Å². The number of aliphatic hydroxyl groups is 1. The Hall–Kier alpha value is -0.830. The Bertz CT molecular complexity index is 352. The zero-order chi connectivity index (χ0) is 12.0. The van der Waals surface area contributed by atoms with Gasteiger partial charge in [0.05, 0.1) is 11.5 Å². The molecule has 3 rings (SSSR count). The summed E-state index contributed by atoms with van der Waals surface area (Å²) in [4.78, 5) is 11.7. The summed E-state index contributed by atoms with van der Waals surface area (Å²) in [5.74, 6) is 0.775. The molecule has 3 aliphatic rings. The molecule has 0 radical (unpaired) electrons. The lowest BCUT2D eigenvalue weighted by Crippen LogP contribution is -2.44. The molecule has 3 heteroatoms. The second kappa shape index (κ2) is 3.84. The molecule has 0 amide bonds. The second-order valence-electron chi connectivity index (χ2n) is 6.08. The van der Waals surface area contributed by atoms with E-state index in [1.165, 1.54) is 0 Å². The summed E-state index contributed by atoms with van der Waals surface area (Å²) in [5, 5.41) is 19.2. The molecule has 0 aromatic rings. The number of rotatable bonds is 2. The van der Waals surface area contributed by atoms with Gasteiger partial charge in [0.15, 0.2) is 0 Å². The van der Waals surface area contributed by atoms with Gasteiger partial charge in [-0.05, 0) is 56.3 Å². The van der Waals surface area contributed by atoms with E-state index in [-0.39, 0.29) is 6.10 Å². The molecule has 0 aromatic carbocycles. The molecule has 2 fully saturated rings. The maximum Gasteiger partial charge on any atom is 0.309 e. The highest BCUT2D eigenvalue weighted by Crippen LogP contribution is 2.56. The molecule has 0 aromatic heterocycles. The minimum Gasteiger partial charge on any atom is -0.481 e. The van der Waals surface area contributed by atoms with E-state index in [1.54, 1.807) is 0 Å². The van der Waals surface area contributed by atoms with E-state index in [4.69, 9.17) is 0 Å². The van der Waals surface area contributed by atoms with Gasteiger partial charge in [0.2, 0.25) is 0 Å². The summed E-state index contributed by atoms with van der Waals surface area (Å²) in [7, 11) is 0. The SMILES string of the molecule is O=C(O)C1(C2CC3C=CC2C3)CCC(O)CC1. The Balaban J connectivity index is 1.85. The predicted molar refractivity (Wildman–Crippen MR) is 63.4 cm³/mol. The molecule has 3 nitrogen and oxygen atoms in total. The van der Waals surface area contributed by atoms with Crippen LogP contribution in [0.15, 0.2) is 12.2 Å². The van der Waals surface area contributed by atoms with Gasteiger partial charge in [0.1, 0.15) is 0 Å². The van der Waals surface area contributed by atoms with Crippen LogP contribution < -0.4 is 0 Å². The highest BCUT2D eigenvalue weighted by molar-refractivity contribution is 5.75. The first-order valence-corrected chi connectivity index (χ1v) is 6.71. The number of carboxylic acids is 1. The van der Waals surface area contributed by atoms with Crippen LogP contribution in [-0.4, -0.2) is 22.3 Å². The first-order valence-electron chi connectivity index (χ1n) is 6.71. The van der Waals surface area contributed by atoms with Gasteiger partial charge < -0.3 is 10.2 Å². The van der Waals surface area contributed by atoms with Crippen LogP contribution in [0.4, 0.5) is 0 Å². The molecule has 0 spiro atoms. The Labute approximate surface area is 102 Å². The van der Waals surface area contributed by atoms with Crippen LogP contribution in [0, 0.1) is 23.2 Å². The lowest BCUT2D eigenvalue weighted by atomic mass is 9.61. The lowest BCUT2D eigenvalue weighted by Gasteiger charge is -2.42. The summed E-state index contributed by atoms with van der Waals surface area (Å²) in [6.07, 6.45) is 9.04. The van der Waals surface area contributed by atoms with Crippen molar-refractivity contribution in [2.45, 2.75) is 44.6 Å². The molecular weight excluding hydrogens is 216 g/mol. The highest BCUT2D eigenvalue weighted by Gasteiger charge is 2.53. The molecule has 94 valence electrons. The van der Waals surface area contributed by atoms with Gasteiger partial charge in [-0.3, -0.25) is 4.79 Å². The topological polar surface area (TPSA) is 57.5 Å². The van der Waals surface area contributed by atoms with Crippen LogP contribution in [0.3, 0.4) is 0 Å². The fourth-order valence-electron chi connectivity index (χ4n) is 4.28. The summed E-state index contributed by atoms with van der Waals surface area (Å²) >= 11 is 0. The molecule has 2 N–H and O–H groups in total. The monoisotopic (exact) mass is 236 g/mol. The Morgan fingerprint density at radius 2 is 1.88 bits per heavy atom. The van der Waals surface area contributed by atoms with E-state index in [1.807, 2.05) is 0 Å². The number of hydrogen-bond acceptors (Lipinski definition) is 2. The van der Waals surface area contributed by atoms with Crippen LogP contribution in [0.25, 0.3) is 0 Å². The third-order valence-corrected chi connectivity index (χ3v) is 5.26. The van der Waals surface area contributed by atoms with Crippen molar-refractivity contribution in [3.63, 3.8) is 0 Å². The number of allylic oxidation sites excluding steroid dienone is 2. The predicted octanol–water partition coefficient (Wildman–Crippen LogP) is 2.20. The van der Waals surface area contributed by atoms with E-state index < -0.39 is 11.4 Å². The number of hydrogen-bond donors (Lipinski definition) is 2. The van der Waals surface area contributed by atoms with Gasteiger partial charge in [0, 0.05) is 0 Å². The number of fused-ring (bicyclic) bond motifs is 2. The van der Waals surface area contributed by atoms with E-state index in [2.05, 4.69) is 12.2 Å². The highest BCUT2D eigenvalue weighted by atomic mass is 16.4. The van der Waals surface area contributed by atoms with Gasteiger partial charge in [-0.25, -0.2) is 0 Å². The average Bonchev–Trinajstić information content (AvgIpc) is 2.92. The zero-order valence-electron chi connectivity index (χ0n) is 10.0. The first-order chi connectivity index (χ1) is 8.12. The Morgan fingerprint density at radius 3 is 2.35 bits per heavy atom. The first kappa shape index (κ1) is 11.3. The van der Waals surface area contributed by atoms with Gasteiger partial charge in [0.25, 0.3) is 0 Å². The minimum atomic E-state index is -0.629. The summed E-state index contributed by atoms with van der Waals surface area (Å²) in [5.41, 5.74) is -0.552. The number of carbonyl (C=O) groups is 1. The molecule has 3 unspecified atom stereocenters. The van der Waals surface area contributed by atoms with E-state index in [0.717, 1.165) is 12.8 Å². The van der Waals surface area contributed by atoms with Crippen molar-refractivity contribution in [3.8, 4) is 0 Å². The third kappa shape index (κ3) is 1.63. The molecule has 0 aliphatic heterocycles. The van der Waals surface area contributed by atoms with Crippen molar-refractivity contribution in [3.05, 3.63) is 12.2 Å². The Morgan fingerprint density at radius 1 is 1.18 bits per heavy atom. The fourth-order valence-corrected chi connectivity index (χ4v) is 4.28. The maximum atomic E-state index is 11.7. The number of carboxylic acid groups (broad SMARTS) is 1. The largest absolute Gasteiger partial charge is 0.481 e. The van der Waals surface area contributed by atoms with Gasteiger partial charge >= 0.3 is 5.97 Å². The lowest BCUT2D eigenvalue weighted by molar-refractivity contribution is -0.158. The smallest absolute Gasteiger partial charge is 0.309 e. The van der Waals surface area contributed by atoms with Gasteiger partial charge in [-0.1, -0.05) is 12.2 Å². The van der Waals surface area contributed by atoms with Crippen molar-refractivity contribution < 1.29 is 15.0 Å². The zero-order valence-corrected chi connectivity index (χ0v) is 10.0. The molecule has 3 aliphatic carbocycles. The fraction of sp³-hybridized carbons (Fsp3) is 0.786. The van der Waals surface area contributed by atoms with Crippen LogP contribution in [0.2, 0.25) is 0 Å². The normalized spacial score (nSPS) is 48.5. The van der Waals surface area contributed by atoms with Crippen molar-refractivity contribution in [2.24, 2.45) is 23.2 Å². The summed E-state index contributed by atoms with van der Waals surface area (Å²) in [6, 6.07) is 0. The van der Waals surface area contributed by atoms with E-state index in [0.29, 0.717) is 43.4 Å². The quantitative estimate of drug-likeness (QED) is 0.723. The van der Waals surface area contributed by atoms with E-state index >= 15 is 0 Å². The Kier molecular flexibility index (Phi) is 2.54. The van der Waals surface area contributed by atoms with Crippen molar-refractivity contribution in [2.75, 3.05) is 0 Å². The standard InChI is InChI=1S/C14H20O3/c15-11-3-5-14(6-4-11,13(16)17)12-8-9-1-2-10(12)7-9/h1-2,9-12,15H,3-8H2,(H,16,17). The molecule has 0 saturated heterocycles. The number of aliphatic carboxylic acids is 1. The summed E-state index contributed by atoms with van der Waals surface area (Å²) < 4.78 is 0. The van der Waals surface area contributed by atoms with Crippen LogP contribution in [0.5, 0.6) is 0 Å². The van der Waals surface area contributed by atoms with Crippen LogP contribution >= 0.6 is 0 Å². The van der Waals surface area contributed by atoms with Crippen molar-refractivity contribution in [1.29, 1.82) is 0 Å². The molecule has 3 atom stereocenters. The molecule has 17 heavy (non-hydrogen) atoms. The summed E-state index contributed by atoms with van der Waals surface area (Å²) in [6.45, 7) is 0. The molecular formula is C14H20O3. The van der Waals surface area contributed by atoms with Crippen LogP contribution in [0.1, 0.15) is 38.5 Å². The third-order valence-electron chi connectivity index (χ3n) is 5.26. The van der Waals surface area contributed by atoms with Crippen LogP contribution in [-0.2, 0) is 4.79 Å².